The highest BCUT2D eigenvalue weighted by atomic mass is 16.5. The third-order valence-electron chi connectivity index (χ3n) is 3.45. The molecular formula is C13H19N3O2. The average molecular weight is 249 g/mol. The summed E-state index contributed by atoms with van der Waals surface area (Å²) < 4.78 is 5.13. The van der Waals surface area contributed by atoms with Crippen LogP contribution in [0.5, 0.6) is 5.88 Å². The van der Waals surface area contributed by atoms with Crippen LogP contribution in [0.1, 0.15) is 23.7 Å². The van der Waals surface area contributed by atoms with Crippen LogP contribution >= 0.6 is 0 Å². The topological polar surface area (TPSA) is 68.5 Å². The van der Waals surface area contributed by atoms with Gasteiger partial charge in [0.25, 0.3) is 5.91 Å². The molecule has 1 saturated heterocycles. The molecule has 18 heavy (non-hydrogen) atoms. The van der Waals surface area contributed by atoms with Crippen LogP contribution in [0.3, 0.4) is 0 Å². The largest absolute Gasteiger partial charge is 0.480 e. The predicted molar refractivity (Wildman–Crippen MR) is 68.4 cm³/mol. The van der Waals surface area contributed by atoms with Gasteiger partial charge < -0.3 is 15.4 Å². The van der Waals surface area contributed by atoms with Crippen molar-refractivity contribution >= 4 is 5.91 Å². The molecule has 0 spiro atoms. The van der Waals surface area contributed by atoms with E-state index in [0.717, 1.165) is 6.42 Å². The summed E-state index contributed by atoms with van der Waals surface area (Å²) in [7, 11) is 1.52. The van der Waals surface area contributed by atoms with E-state index in [0.29, 0.717) is 30.5 Å². The summed E-state index contributed by atoms with van der Waals surface area (Å²) in [4.78, 5) is 18.4. The van der Waals surface area contributed by atoms with E-state index < -0.39 is 0 Å². The lowest BCUT2D eigenvalue weighted by atomic mass is 10.1. The minimum atomic E-state index is -0.0246. The van der Waals surface area contributed by atoms with Gasteiger partial charge in [-0.05, 0) is 37.9 Å². The van der Waals surface area contributed by atoms with Gasteiger partial charge in [-0.25, -0.2) is 4.98 Å². The van der Waals surface area contributed by atoms with Crippen LogP contribution in [0.4, 0.5) is 0 Å². The van der Waals surface area contributed by atoms with Gasteiger partial charge in [0.2, 0.25) is 5.88 Å². The SMILES string of the molecule is COc1ncccc1C(=O)N1CC(CN)CC1C. The second-order valence-electron chi connectivity index (χ2n) is 4.70. The quantitative estimate of drug-likeness (QED) is 0.864. The molecule has 0 aromatic carbocycles. The van der Waals surface area contributed by atoms with E-state index >= 15 is 0 Å². The van der Waals surface area contributed by atoms with Crippen molar-refractivity contribution in [1.82, 2.24) is 9.88 Å². The summed E-state index contributed by atoms with van der Waals surface area (Å²) in [6, 6.07) is 3.71. The fraction of sp³-hybridized carbons (Fsp3) is 0.538. The normalized spacial score (nSPS) is 23.2. The van der Waals surface area contributed by atoms with Gasteiger partial charge in [-0.15, -0.1) is 0 Å². The zero-order valence-corrected chi connectivity index (χ0v) is 10.8. The molecule has 0 aliphatic carbocycles. The Labute approximate surface area is 107 Å². The maximum Gasteiger partial charge on any atom is 0.259 e. The van der Waals surface area contributed by atoms with Gasteiger partial charge in [-0.2, -0.15) is 0 Å². The Morgan fingerprint density at radius 2 is 2.44 bits per heavy atom. The molecule has 98 valence electrons. The molecule has 5 heteroatoms. The molecule has 2 heterocycles. The van der Waals surface area contributed by atoms with Crippen molar-refractivity contribution < 1.29 is 9.53 Å². The molecule has 2 rings (SSSR count). The first-order valence-corrected chi connectivity index (χ1v) is 6.17. The number of nitrogens with two attached hydrogens (primary N) is 1. The van der Waals surface area contributed by atoms with Gasteiger partial charge in [0.1, 0.15) is 5.56 Å². The molecular weight excluding hydrogens is 230 g/mol. The van der Waals surface area contributed by atoms with Crippen LogP contribution in [0.25, 0.3) is 0 Å². The third kappa shape index (κ3) is 2.31. The van der Waals surface area contributed by atoms with Crippen LogP contribution in [-0.2, 0) is 0 Å². The van der Waals surface area contributed by atoms with E-state index in [1.165, 1.54) is 7.11 Å². The van der Waals surface area contributed by atoms with Gasteiger partial charge in [-0.3, -0.25) is 4.79 Å². The number of nitrogens with zero attached hydrogens (tertiary/aromatic N) is 2. The zero-order chi connectivity index (χ0) is 13.1. The number of hydrogen-bond donors (Lipinski definition) is 1. The molecule has 0 saturated carbocycles. The molecule has 0 bridgehead atoms. The highest BCUT2D eigenvalue weighted by molar-refractivity contribution is 5.96. The third-order valence-corrected chi connectivity index (χ3v) is 3.45. The van der Waals surface area contributed by atoms with Crippen molar-refractivity contribution in [3.05, 3.63) is 23.9 Å². The lowest BCUT2D eigenvalue weighted by molar-refractivity contribution is 0.0739. The summed E-state index contributed by atoms with van der Waals surface area (Å²) in [5, 5.41) is 0. The maximum atomic E-state index is 12.5. The Hall–Kier alpha value is -1.62. The molecule has 1 aromatic heterocycles. The van der Waals surface area contributed by atoms with Crippen LogP contribution in [0, 0.1) is 5.92 Å². The molecule has 2 N–H and O–H groups in total. The fourth-order valence-corrected chi connectivity index (χ4v) is 2.47. The number of amides is 1. The summed E-state index contributed by atoms with van der Waals surface area (Å²) in [5.41, 5.74) is 6.20. The first kappa shape index (κ1) is 12.8. The Morgan fingerprint density at radius 1 is 1.67 bits per heavy atom. The number of pyridine rings is 1. The number of aromatic nitrogens is 1. The summed E-state index contributed by atoms with van der Waals surface area (Å²) in [6.45, 7) is 3.39. The number of ether oxygens (including phenoxy) is 1. The van der Waals surface area contributed by atoms with Gasteiger partial charge in [0.05, 0.1) is 7.11 Å². The van der Waals surface area contributed by atoms with E-state index in [1.807, 2.05) is 4.90 Å². The highest BCUT2D eigenvalue weighted by Crippen LogP contribution is 2.26. The predicted octanol–water partition coefficient (Wildman–Crippen LogP) is 0.900. The molecule has 1 amide bonds. The van der Waals surface area contributed by atoms with Crippen molar-refractivity contribution in [3.8, 4) is 5.88 Å². The molecule has 1 aliphatic rings. The van der Waals surface area contributed by atoms with Crippen LogP contribution in [0.2, 0.25) is 0 Å². The molecule has 5 nitrogen and oxygen atoms in total. The average Bonchev–Trinajstić information content (AvgIpc) is 2.79. The van der Waals surface area contributed by atoms with Crippen molar-refractivity contribution in [1.29, 1.82) is 0 Å². The lowest BCUT2D eigenvalue weighted by Gasteiger charge is -2.22. The Morgan fingerprint density at radius 3 is 3.06 bits per heavy atom. The van der Waals surface area contributed by atoms with E-state index in [1.54, 1.807) is 18.3 Å². The van der Waals surface area contributed by atoms with Gasteiger partial charge in [0, 0.05) is 18.8 Å². The number of likely N-dealkylation sites (tertiary alicyclic amines) is 1. The molecule has 1 aliphatic heterocycles. The van der Waals surface area contributed by atoms with Crippen molar-refractivity contribution in [2.45, 2.75) is 19.4 Å². The smallest absolute Gasteiger partial charge is 0.259 e. The summed E-state index contributed by atoms with van der Waals surface area (Å²) in [5.74, 6) is 0.751. The number of carbonyl (C=O) groups excluding carboxylic acids is 1. The van der Waals surface area contributed by atoms with Gasteiger partial charge in [-0.1, -0.05) is 0 Å². The summed E-state index contributed by atoms with van der Waals surface area (Å²) >= 11 is 0. The first-order valence-electron chi connectivity index (χ1n) is 6.17. The minimum absolute atomic E-state index is 0.0246. The van der Waals surface area contributed by atoms with Gasteiger partial charge in [0.15, 0.2) is 0 Å². The second-order valence-corrected chi connectivity index (χ2v) is 4.70. The monoisotopic (exact) mass is 249 g/mol. The van der Waals surface area contributed by atoms with Crippen molar-refractivity contribution in [2.75, 3.05) is 20.2 Å². The van der Waals surface area contributed by atoms with Crippen LogP contribution < -0.4 is 10.5 Å². The Bertz CT molecular complexity index is 436. The second kappa shape index (κ2) is 5.35. The zero-order valence-electron chi connectivity index (χ0n) is 10.8. The number of rotatable bonds is 3. The van der Waals surface area contributed by atoms with E-state index in [2.05, 4.69) is 11.9 Å². The molecule has 2 atom stereocenters. The minimum Gasteiger partial charge on any atom is -0.480 e. The van der Waals surface area contributed by atoms with Crippen LogP contribution in [-0.4, -0.2) is 42.0 Å². The molecule has 2 unspecified atom stereocenters. The number of hydrogen-bond acceptors (Lipinski definition) is 4. The van der Waals surface area contributed by atoms with Gasteiger partial charge >= 0.3 is 0 Å². The first-order chi connectivity index (χ1) is 8.67. The van der Waals surface area contributed by atoms with Crippen molar-refractivity contribution in [3.63, 3.8) is 0 Å². The molecule has 1 fully saturated rings. The molecule has 0 radical (unpaired) electrons. The number of carbonyl (C=O) groups is 1. The van der Waals surface area contributed by atoms with Crippen molar-refractivity contribution in [2.24, 2.45) is 11.7 Å². The highest BCUT2D eigenvalue weighted by Gasteiger charge is 2.33. The van der Waals surface area contributed by atoms with E-state index in [9.17, 15) is 4.79 Å². The van der Waals surface area contributed by atoms with Crippen LogP contribution in [0.15, 0.2) is 18.3 Å². The molecule has 1 aromatic rings. The summed E-state index contributed by atoms with van der Waals surface area (Å²) in [6.07, 6.45) is 2.58. The lowest BCUT2D eigenvalue weighted by Crippen LogP contribution is -2.34. The fourth-order valence-electron chi connectivity index (χ4n) is 2.47. The standard InChI is InChI=1S/C13H19N3O2/c1-9-6-10(7-14)8-16(9)13(17)11-4-3-5-15-12(11)18-2/h3-5,9-10H,6-8,14H2,1-2H3. The Kier molecular flexibility index (Phi) is 3.81. The maximum absolute atomic E-state index is 12.5. The number of methoxy groups -OCH3 is 1. The van der Waals surface area contributed by atoms with E-state index in [-0.39, 0.29) is 11.9 Å². The Balaban J connectivity index is 2.21. The van der Waals surface area contributed by atoms with E-state index in [4.69, 9.17) is 10.5 Å².